The van der Waals surface area contributed by atoms with Crippen molar-refractivity contribution in [3.05, 3.63) is 73.1 Å². The lowest BCUT2D eigenvalue weighted by atomic mass is 10.0. The second-order valence-electron chi connectivity index (χ2n) is 7.98. The van der Waals surface area contributed by atoms with Crippen LogP contribution in [0.2, 0.25) is 0 Å². The SMILES string of the molecule is CN(c1ccc(Oc2nc(O)c3ccncc3n2)cc1)C1CCN(c2ccccc2)CC1. The summed E-state index contributed by atoms with van der Waals surface area (Å²) in [5, 5.41) is 10.7. The van der Waals surface area contributed by atoms with Crippen LogP contribution in [0.1, 0.15) is 12.8 Å². The predicted molar refractivity (Wildman–Crippen MR) is 126 cm³/mol. The molecule has 32 heavy (non-hydrogen) atoms. The summed E-state index contributed by atoms with van der Waals surface area (Å²) in [4.78, 5) is 17.2. The molecule has 1 aliphatic rings. The van der Waals surface area contributed by atoms with E-state index in [1.165, 1.54) is 5.69 Å². The Morgan fingerprint density at radius 3 is 2.47 bits per heavy atom. The van der Waals surface area contributed by atoms with Gasteiger partial charge < -0.3 is 19.6 Å². The summed E-state index contributed by atoms with van der Waals surface area (Å²) in [5.74, 6) is 0.495. The summed E-state index contributed by atoms with van der Waals surface area (Å²) in [6, 6.07) is 20.8. The molecule has 1 fully saturated rings. The molecule has 0 saturated carbocycles. The third-order valence-corrected chi connectivity index (χ3v) is 6.05. The van der Waals surface area contributed by atoms with Crippen molar-refractivity contribution < 1.29 is 9.84 Å². The van der Waals surface area contributed by atoms with E-state index in [0.717, 1.165) is 31.6 Å². The molecule has 162 valence electrons. The first kappa shape index (κ1) is 20.1. The van der Waals surface area contributed by atoms with Crippen molar-refractivity contribution in [1.82, 2.24) is 15.0 Å². The van der Waals surface area contributed by atoms with Crippen molar-refractivity contribution in [2.24, 2.45) is 0 Å². The van der Waals surface area contributed by atoms with Crippen molar-refractivity contribution in [2.75, 3.05) is 29.9 Å². The van der Waals surface area contributed by atoms with Crippen LogP contribution in [0.25, 0.3) is 10.9 Å². The first-order valence-corrected chi connectivity index (χ1v) is 10.8. The summed E-state index contributed by atoms with van der Waals surface area (Å²) in [6.45, 7) is 2.11. The van der Waals surface area contributed by atoms with Gasteiger partial charge in [0.05, 0.1) is 17.1 Å². The molecule has 0 unspecified atom stereocenters. The fourth-order valence-corrected chi connectivity index (χ4v) is 4.20. The van der Waals surface area contributed by atoms with E-state index >= 15 is 0 Å². The van der Waals surface area contributed by atoms with E-state index < -0.39 is 0 Å². The molecule has 1 N–H and O–H groups in total. The van der Waals surface area contributed by atoms with Crippen molar-refractivity contribution in [2.45, 2.75) is 18.9 Å². The third-order valence-electron chi connectivity index (χ3n) is 6.05. The van der Waals surface area contributed by atoms with Gasteiger partial charge in [-0.05, 0) is 55.3 Å². The first-order valence-electron chi connectivity index (χ1n) is 10.8. The Morgan fingerprint density at radius 2 is 1.72 bits per heavy atom. The maximum Gasteiger partial charge on any atom is 0.325 e. The zero-order chi connectivity index (χ0) is 21.9. The minimum absolute atomic E-state index is 0.0948. The van der Waals surface area contributed by atoms with Gasteiger partial charge >= 0.3 is 6.01 Å². The Labute approximate surface area is 186 Å². The molecule has 0 bridgehead atoms. The van der Waals surface area contributed by atoms with Gasteiger partial charge in [0, 0.05) is 43.8 Å². The number of anilines is 2. The highest BCUT2D eigenvalue weighted by Gasteiger charge is 2.23. The van der Waals surface area contributed by atoms with E-state index in [0.29, 0.717) is 22.7 Å². The van der Waals surface area contributed by atoms with Gasteiger partial charge in [-0.2, -0.15) is 9.97 Å². The number of hydrogen-bond acceptors (Lipinski definition) is 7. The molecule has 7 heteroatoms. The van der Waals surface area contributed by atoms with Crippen LogP contribution >= 0.6 is 0 Å². The molecule has 1 aliphatic heterocycles. The van der Waals surface area contributed by atoms with Gasteiger partial charge in [0.1, 0.15) is 5.75 Å². The number of benzene rings is 2. The Morgan fingerprint density at radius 1 is 0.969 bits per heavy atom. The van der Waals surface area contributed by atoms with Crippen LogP contribution < -0.4 is 14.5 Å². The maximum absolute atomic E-state index is 10.1. The molecule has 0 radical (unpaired) electrons. The van der Waals surface area contributed by atoms with E-state index in [-0.39, 0.29) is 11.9 Å². The quantitative estimate of drug-likeness (QED) is 0.498. The van der Waals surface area contributed by atoms with Crippen molar-refractivity contribution >= 4 is 22.3 Å². The normalized spacial score (nSPS) is 14.5. The number of ether oxygens (including phenoxy) is 1. The van der Waals surface area contributed by atoms with Crippen molar-refractivity contribution in [1.29, 1.82) is 0 Å². The fraction of sp³-hybridized carbons (Fsp3) is 0.240. The maximum atomic E-state index is 10.1. The van der Waals surface area contributed by atoms with Crippen LogP contribution in [0.5, 0.6) is 17.6 Å². The first-order chi connectivity index (χ1) is 15.7. The average molecular weight is 428 g/mol. The number of hydrogen-bond donors (Lipinski definition) is 1. The molecule has 3 heterocycles. The van der Waals surface area contributed by atoms with Gasteiger partial charge in [0.25, 0.3) is 0 Å². The van der Waals surface area contributed by atoms with Crippen LogP contribution in [-0.2, 0) is 0 Å². The topological polar surface area (TPSA) is 74.6 Å². The number of nitrogens with zero attached hydrogens (tertiary/aromatic N) is 5. The highest BCUT2D eigenvalue weighted by Crippen LogP contribution is 2.29. The van der Waals surface area contributed by atoms with E-state index in [1.807, 2.05) is 24.3 Å². The number of para-hydroxylation sites is 1. The molecule has 5 rings (SSSR count). The summed E-state index contributed by atoms with van der Waals surface area (Å²) in [6.07, 6.45) is 5.39. The minimum Gasteiger partial charge on any atom is -0.493 e. The molecule has 0 spiro atoms. The lowest BCUT2D eigenvalue weighted by Gasteiger charge is -2.38. The lowest BCUT2D eigenvalue weighted by Crippen LogP contribution is -2.43. The molecule has 2 aromatic carbocycles. The molecular weight excluding hydrogens is 402 g/mol. The Bertz CT molecular complexity index is 1190. The van der Waals surface area contributed by atoms with Crippen LogP contribution in [0.3, 0.4) is 0 Å². The van der Waals surface area contributed by atoms with Gasteiger partial charge in [-0.3, -0.25) is 4.98 Å². The van der Waals surface area contributed by atoms with Gasteiger partial charge in [-0.1, -0.05) is 18.2 Å². The zero-order valence-electron chi connectivity index (χ0n) is 17.9. The summed E-state index contributed by atoms with van der Waals surface area (Å²) in [5.41, 5.74) is 2.98. The molecule has 7 nitrogen and oxygen atoms in total. The number of piperidine rings is 1. The van der Waals surface area contributed by atoms with E-state index in [2.05, 4.69) is 62.1 Å². The Hall–Kier alpha value is -3.87. The standard InChI is InChI=1S/C25H25N5O2/c1-29(19-12-15-30(16-13-19)20-5-3-2-4-6-20)18-7-9-21(10-8-18)32-25-27-23-17-26-14-11-22(23)24(31)28-25/h2-11,14,17,19H,12-13,15-16H2,1H3,(H,27,28,31). The summed E-state index contributed by atoms with van der Waals surface area (Å²) in [7, 11) is 2.15. The van der Waals surface area contributed by atoms with Crippen LogP contribution in [0.4, 0.5) is 11.4 Å². The summed E-state index contributed by atoms with van der Waals surface area (Å²) < 4.78 is 5.78. The number of aromatic hydroxyl groups is 1. The van der Waals surface area contributed by atoms with Crippen LogP contribution in [-0.4, -0.2) is 46.2 Å². The highest BCUT2D eigenvalue weighted by atomic mass is 16.5. The van der Waals surface area contributed by atoms with Crippen LogP contribution in [0, 0.1) is 0 Å². The van der Waals surface area contributed by atoms with Crippen LogP contribution in [0.15, 0.2) is 73.1 Å². The second kappa shape index (κ2) is 8.70. The third kappa shape index (κ3) is 4.14. The summed E-state index contributed by atoms with van der Waals surface area (Å²) >= 11 is 0. The zero-order valence-corrected chi connectivity index (χ0v) is 17.9. The number of rotatable bonds is 5. The van der Waals surface area contributed by atoms with E-state index in [9.17, 15) is 5.11 Å². The molecule has 0 amide bonds. The number of aromatic nitrogens is 3. The largest absolute Gasteiger partial charge is 0.493 e. The monoisotopic (exact) mass is 427 g/mol. The number of fused-ring (bicyclic) bond motifs is 1. The molecule has 1 saturated heterocycles. The highest BCUT2D eigenvalue weighted by molar-refractivity contribution is 5.82. The van der Waals surface area contributed by atoms with E-state index in [1.54, 1.807) is 18.5 Å². The number of pyridine rings is 1. The van der Waals surface area contributed by atoms with Crippen molar-refractivity contribution in [3.8, 4) is 17.6 Å². The van der Waals surface area contributed by atoms with Gasteiger partial charge in [-0.15, -0.1) is 0 Å². The molecular formula is C25H25N5O2. The Balaban J connectivity index is 1.23. The molecule has 2 aromatic heterocycles. The van der Waals surface area contributed by atoms with Gasteiger partial charge in [-0.25, -0.2) is 0 Å². The average Bonchev–Trinajstić information content (AvgIpc) is 2.85. The lowest BCUT2D eigenvalue weighted by molar-refractivity contribution is 0.412. The molecule has 0 atom stereocenters. The minimum atomic E-state index is -0.120. The Kier molecular flexibility index (Phi) is 5.46. The second-order valence-corrected chi connectivity index (χ2v) is 7.98. The predicted octanol–water partition coefficient (Wildman–Crippen LogP) is 4.63. The smallest absolute Gasteiger partial charge is 0.325 e. The van der Waals surface area contributed by atoms with Gasteiger partial charge in [0.2, 0.25) is 5.88 Å². The van der Waals surface area contributed by atoms with E-state index in [4.69, 9.17) is 4.74 Å². The van der Waals surface area contributed by atoms with Gasteiger partial charge in [0.15, 0.2) is 0 Å². The molecule has 0 aliphatic carbocycles. The fourth-order valence-electron chi connectivity index (χ4n) is 4.20. The van der Waals surface area contributed by atoms with Crippen molar-refractivity contribution in [3.63, 3.8) is 0 Å². The molecule has 4 aromatic rings.